The van der Waals surface area contributed by atoms with Crippen LogP contribution in [-0.2, 0) is 16.1 Å². The maximum Gasteiger partial charge on any atom is 0.306 e. The molecule has 2 unspecified atom stereocenters. The van der Waals surface area contributed by atoms with Gasteiger partial charge in [-0.05, 0) is 134 Å². The number of carbonyl (C=O) groups excluding carboxylic acids is 1. The zero-order chi connectivity index (χ0) is 29.5. The van der Waals surface area contributed by atoms with Gasteiger partial charge in [-0.3, -0.25) is 4.79 Å². The lowest BCUT2D eigenvalue weighted by Crippen LogP contribution is -2.54. The Morgan fingerprint density at radius 3 is 2.48 bits per heavy atom. The lowest BCUT2D eigenvalue weighted by molar-refractivity contribution is -0.145. The van der Waals surface area contributed by atoms with Gasteiger partial charge < -0.3 is 20.9 Å². The molecule has 0 heterocycles. The van der Waals surface area contributed by atoms with Crippen LogP contribution in [-0.4, -0.2) is 12.1 Å². The molecule has 0 saturated heterocycles. The minimum atomic E-state index is -0.0565. The van der Waals surface area contributed by atoms with E-state index in [4.69, 9.17) is 20.9 Å². The molecule has 4 aliphatic carbocycles. The second-order valence-corrected chi connectivity index (χ2v) is 14.9. The average molecular weight is 573 g/mol. The van der Waals surface area contributed by atoms with Gasteiger partial charge in [-0.1, -0.05) is 51.1 Å². The van der Waals surface area contributed by atoms with Crippen LogP contribution in [0.5, 0.6) is 5.75 Å². The lowest BCUT2D eigenvalue weighted by atomic mass is 9.44. The summed E-state index contributed by atoms with van der Waals surface area (Å²) in [4.78, 5) is 12.6. The third kappa shape index (κ3) is 5.53. The van der Waals surface area contributed by atoms with Crippen molar-refractivity contribution in [2.75, 3.05) is 11.5 Å². The van der Waals surface area contributed by atoms with E-state index in [2.05, 4.69) is 20.8 Å². The average Bonchev–Trinajstić information content (AvgIpc) is 3.34. The first-order chi connectivity index (χ1) is 20.2. The quantitative estimate of drug-likeness (QED) is 0.245. The number of benzene rings is 2. The molecule has 0 aliphatic heterocycles. The van der Waals surface area contributed by atoms with E-state index in [-0.39, 0.29) is 12.1 Å². The van der Waals surface area contributed by atoms with Gasteiger partial charge in [0.25, 0.3) is 0 Å². The zero-order valence-corrected chi connectivity index (χ0v) is 26.0. The van der Waals surface area contributed by atoms with Crippen LogP contribution in [0.25, 0.3) is 0 Å². The van der Waals surface area contributed by atoms with Crippen LogP contribution in [0.4, 0.5) is 11.4 Å². The standard InChI is InChI=1S/C37H52N2O3/c1-24(9-16-35(40)41-23-25-7-5-4-6-8-25)30-13-14-31-29-12-10-26-21-28(42-34-15-11-27(38)22-33(34)39)17-19-36(26,2)32(29)18-20-37(30,31)3/h4-8,11,15,22,24,26,28-32H,9-10,12-14,16-21,23,38-39H2,1-3H3/t24-,26?,28?,29+,30-,31+,32+,36+,37-/m1/s1. The molecular formula is C37H52N2O3. The number of hydrogen-bond acceptors (Lipinski definition) is 5. The van der Waals surface area contributed by atoms with Crippen molar-refractivity contribution in [2.24, 2.45) is 46.3 Å². The van der Waals surface area contributed by atoms with E-state index in [1.807, 2.05) is 42.5 Å². The second-order valence-electron chi connectivity index (χ2n) is 14.9. The molecule has 0 aromatic heterocycles. The summed E-state index contributed by atoms with van der Waals surface area (Å²) in [6, 6.07) is 15.6. The number of nitrogen functional groups attached to an aromatic ring is 2. The molecule has 5 nitrogen and oxygen atoms in total. The van der Waals surface area contributed by atoms with Crippen molar-refractivity contribution >= 4 is 17.3 Å². The molecule has 228 valence electrons. The molecule has 2 aromatic rings. The van der Waals surface area contributed by atoms with Crippen LogP contribution >= 0.6 is 0 Å². The van der Waals surface area contributed by atoms with E-state index in [9.17, 15) is 4.79 Å². The third-order valence-electron chi connectivity index (χ3n) is 12.8. The van der Waals surface area contributed by atoms with E-state index >= 15 is 0 Å². The maximum atomic E-state index is 12.6. The van der Waals surface area contributed by atoms with Crippen molar-refractivity contribution in [3.05, 3.63) is 54.1 Å². The minimum absolute atomic E-state index is 0.0565. The van der Waals surface area contributed by atoms with Gasteiger partial charge in [0.15, 0.2) is 0 Å². The van der Waals surface area contributed by atoms with Crippen molar-refractivity contribution in [1.82, 2.24) is 0 Å². The van der Waals surface area contributed by atoms with Crippen LogP contribution < -0.4 is 16.2 Å². The van der Waals surface area contributed by atoms with Crippen LogP contribution in [0.3, 0.4) is 0 Å². The maximum absolute atomic E-state index is 12.6. The summed E-state index contributed by atoms with van der Waals surface area (Å²) in [5.74, 6) is 5.24. The molecule has 0 bridgehead atoms. The van der Waals surface area contributed by atoms with E-state index in [0.29, 0.717) is 47.1 Å². The van der Waals surface area contributed by atoms with Gasteiger partial charge in [0.05, 0.1) is 11.8 Å². The summed E-state index contributed by atoms with van der Waals surface area (Å²) in [7, 11) is 0. The molecule has 2 aromatic carbocycles. The summed E-state index contributed by atoms with van der Waals surface area (Å²) in [5, 5.41) is 0. The number of esters is 1. The van der Waals surface area contributed by atoms with Gasteiger partial charge in [0.1, 0.15) is 12.4 Å². The molecule has 6 rings (SSSR count). The highest BCUT2D eigenvalue weighted by Gasteiger charge is 2.60. The van der Waals surface area contributed by atoms with Gasteiger partial charge in [0, 0.05) is 12.1 Å². The minimum Gasteiger partial charge on any atom is -0.488 e. The molecule has 4 aliphatic rings. The predicted molar refractivity (Wildman–Crippen MR) is 170 cm³/mol. The fourth-order valence-corrected chi connectivity index (χ4v) is 10.5. The SMILES string of the molecule is C[C@H](CCC(=O)OCc1ccccc1)[C@H]1CC[C@H]2[C@@H]3CCC4CC(Oc5ccc(N)cc5N)CC[C@]4(C)[C@H]3CC[C@]12C. The summed E-state index contributed by atoms with van der Waals surface area (Å²) in [6.45, 7) is 8.03. The molecule has 9 atom stereocenters. The Balaban J connectivity index is 1.04. The van der Waals surface area contributed by atoms with E-state index in [0.717, 1.165) is 54.2 Å². The molecule has 4 saturated carbocycles. The van der Waals surface area contributed by atoms with Crippen molar-refractivity contribution in [3.63, 3.8) is 0 Å². The van der Waals surface area contributed by atoms with Crippen molar-refractivity contribution in [1.29, 1.82) is 0 Å². The zero-order valence-electron chi connectivity index (χ0n) is 26.0. The normalized spacial score (nSPS) is 36.3. The number of ether oxygens (including phenoxy) is 2. The van der Waals surface area contributed by atoms with Gasteiger partial charge in [-0.2, -0.15) is 0 Å². The number of nitrogens with two attached hydrogens (primary N) is 2. The molecule has 4 N–H and O–H groups in total. The van der Waals surface area contributed by atoms with Crippen LogP contribution in [0.2, 0.25) is 0 Å². The Hall–Kier alpha value is -2.69. The Kier molecular flexibility index (Phi) is 8.24. The van der Waals surface area contributed by atoms with Crippen molar-refractivity contribution < 1.29 is 14.3 Å². The first kappa shape index (κ1) is 29.4. The Labute approximate surface area is 253 Å². The molecule has 5 heteroatoms. The van der Waals surface area contributed by atoms with Crippen LogP contribution in [0.1, 0.15) is 97.0 Å². The molecule has 0 spiro atoms. The van der Waals surface area contributed by atoms with Crippen molar-refractivity contribution in [2.45, 2.75) is 104 Å². The monoisotopic (exact) mass is 572 g/mol. The number of anilines is 2. The molecule has 42 heavy (non-hydrogen) atoms. The van der Waals surface area contributed by atoms with Gasteiger partial charge in [0.2, 0.25) is 0 Å². The molecular weight excluding hydrogens is 520 g/mol. The highest BCUT2D eigenvalue weighted by Crippen LogP contribution is 2.68. The largest absolute Gasteiger partial charge is 0.488 e. The Bertz CT molecular complexity index is 1250. The Morgan fingerprint density at radius 2 is 1.69 bits per heavy atom. The van der Waals surface area contributed by atoms with Crippen molar-refractivity contribution in [3.8, 4) is 5.75 Å². The summed E-state index contributed by atoms with van der Waals surface area (Å²) >= 11 is 0. The van der Waals surface area contributed by atoms with E-state index < -0.39 is 0 Å². The highest BCUT2D eigenvalue weighted by molar-refractivity contribution is 5.69. The first-order valence-electron chi connectivity index (χ1n) is 16.7. The predicted octanol–water partition coefficient (Wildman–Crippen LogP) is 8.42. The first-order valence-corrected chi connectivity index (χ1v) is 16.7. The van der Waals surface area contributed by atoms with Crippen LogP contribution in [0.15, 0.2) is 48.5 Å². The third-order valence-corrected chi connectivity index (χ3v) is 12.8. The summed E-state index contributed by atoms with van der Waals surface area (Å²) < 4.78 is 12.1. The number of rotatable bonds is 8. The van der Waals surface area contributed by atoms with Gasteiger partial charge >= 0.3 is 5.97 Å². The fraction of sp³-hybridized carbons (Fsp3) is 0.649. The Morgan fingerprint density at radius 1 is 0.929 bits per heavy atom. The number of fused-ring (bicyclic) bond motifs is 5. The summed E-state index contributed by atoms with van der Waals surface area (Å²) in [6.07, 6.45) is 13.3. The molecule has 0 amide bonds. The molecule has 4 fully saturated rings. The smallest absolute Gasteiger partial charge is 0.306 e. The summed E-state index contributed by atoms with van der Waals surface area (Å²) in [5.41, 5.74) is 15.3. The van der Waals surface area contributed by atoms with E-state index in [1.165, 1.54) is 44.9 Å². The lowest BCUT2D eigenvalue weighted by Gasteiger charge is -2.61. The topological polar surface area (TPSA) is 87.6 Å². The van der Waals surface area contributed by atoms with Gasteiger partial charge in [-0.25, -0.2) is 0 Å². The van der Waals surface area contributed by atoms with E-state index in [1.54, 1.807) is 6.07 Å². The molecule has 0 radical (unpaired) electrons. The number of carbonyl (C=O) groups is 1. The second kappa shape index (κ2) is 11.8. The van der Waals surface area contributed by atoms with Gasteiger partial charge in [-0.15, -0.1) is 0 Å². The highest BCUT2D eigenvalue weighted by atomic mass is 16.5. The van der Waals surface area contributed by atoms with Crippen LogP contribution in [0, 0.1) is 46.3 Å². The fourth-order valence-electron chi connectivity index (χ4n) is 10.5. The number of hydrogen-bond donors (Lipinski definition) is 2.